The molecule has 0 aliphatic carbocycles. The van der Waals surface area contributed by atoms with Crippen LogP contribution in [-0.2, 0) is 11.2 Å². The molecule has 4 heteroatoms. The van der Waals surface area contributed by atoms with Crippen molar-refractivity contribution in [2.24, 2.45) is 4.99 Å². The van der Waals surface area contributed by atoms with E-state index >= 15 is 0 Å². The lowest BCUT2D eigenvalue weighted by Gasteiger charge is -2.14. The molecule has 1 aromatic rings. The summed E-state index contributed by atoms with van der Waals surface area (Å²) >= 11 is 0. The second kappa shape index (κ2) is 5.21. The lowest BCUT2D eigenvalue weighted by molar-refractivity contribution is -0.117. The van der Waals surface area contributed by atoms with Gasteiger partial charge in [-0.1, -0.05) is 29.8 Å². The molecule has 1 aliphatic rings. The smallest absolute Gasteiger partial charge is 0.253 e. The lowest BCUT2D eigenvalue weighted by Crippen LogP contribution is -2.29. The Bertz CT molecular complexity index is 452. The number of rotatable bonds is 2. The van der Waals surface area contributed by atoms with Crippen molar-refractivity contribution in [2.75, 3.05) is 27.2 Å². The number of hydrogen-bond acceptors (Lipinski definition) is 1. The summed E-state index contributed by atoms with van der Waals surface area (Å²) < 4.78 is 0. The predicted molar refractivity (Wildman–Crippen MR) is 72.6 cm³/mol. The summed E-state index contributed by atoms with van der Waals surface area (Å²) in [7, 11) is 3.92. The highest BCUT2D eigenvalue weighted by Gasteiger charge is 2.20. The summed E-state index contributed by atoms with van der Waals surface area (Å²) in [5.41, 5.74) is 2.21. The van der Waals surface area contributed by atoms with Gasteiger partial charge in [0.2, 0.25) is 5.96 Å². The van der Waals surface area contributed by atoms with E-state index in [0.29, 0.717) is 6.42 Å². The molecule has 1 heterocycles. The fourth-order valence-electron chi connectivity index (χ4n) is 1.99. The van der Waals surface area contributed by atoms with Gasteiger partial charge in [-0.25, -0.2) is 0 Å². The molecule has 0 bridgehead atoms. The van der Waals surface area contributed by atoms with E-state index in [1.54, 1.807) is 0 Å². The quantitative estimate of drug-likeness (QED) is 0.788. The molecule has 1 aliphatic heterocycles. The lowest BCUT2D eigenvalue weighted by atomic mass is 10.1. The van der Waals surface area contributed by atoms with E-state index in [-0.39, 0.29) is 5.91 Å². The summed E-state index contributed by atoms with van der Waals surface area (Å²) in [6, 6.07) is 8.00. The number of guanidine groups is 1. The second-order valence-corrected chi connectivity index (χ2v) is 4.81. The van der Waals surface area contributed by atoms with Crippen LogP contribution in [0.3, 0.4) is 0 Å². The van der Waals surface area contributed by atoms with E-state index in [2.05, 4.69) is 4.99 Å². The maximum atomic E-state index is 11.9. The molecule has 18 heavy (non-hydrogen) atoms. The largest absolute Gasteiger partial charge is 0.344 e. The van der Waals surface area contributed by atoms with Gasteiger partial charge in [-0.3, -0.25) is 4.79 Å². The molecular formula is C14H19N3O. The molecule has 1 fully saturated rings. The molecule has 1 aromatic carbocycles. The second-order valence-electron chi connectivity index (χ2n) is 4.81. The molecule has 4 nitrogen and oxygen atoms in total. The standard InChI is InChI=1S/C14H19N3O/c1-11-4-6-12(7-5-11)10-13(18)15-14-16(2)8-9-17(14)3/h4-7H,8-10H2,1-3H3. The van der Waals surface area contributed by atoms with Gasteiger partial charge in [0.15, 0.2) is 0 Å². The van der Waals surface area contributed by atoms with Crippen LogP contribution in [0.1, 0.15) is 11.1 Å². The minimum absolute atomic E-state index is 0.0885. The number of aryl methyl sites for hydroxylation is 1. The molecule has 0 N–H and O–H groups in total. The topological polar surface area (TPSA) is 35.9 Å². The number of amides is 1. The van der Waals surface area contributed by atoms with Crippen molar-refractivity contribution in [3.05, 3.63) is 35.4 Å². The zero-order valence-electron chi connectivity index (χ0n) is 11.2. The first-order chi connectivity index (χ1) is 8.56. The fraction of sp³-hybridized carbons (Fsp3) is 0.429. The zero-order valence-corrected chi connectivity index (χ0v) is 11.2. The SMILES string of the molecule is Cc1ccc(CC(=O)N=C2N(C)CCN2C)cc1. The molecule has 0 unspecified atom stereocenters. The maximum Gasteiger partial charge on any atom is 0.253 e. The predicted octanol–water partition coefficient (Wildman–Crippen LogP) is 1.30. The molecule has 1 saturated heterocycles. The Kier molecular flexibility index (Phi) is 3.65. The number of hydrogen-bond donors (Lipinski definition) is 0. The van der Waals surface area contributed by atoms with Crippen LogP contribution < -0.4 is 0 Å². The van der Waals surface area contributed by atoms with Crippen LogP contribution in [-0.4, -0.2) is 48.9 Å². The average molecular weight is 245 g/mol. The molecule has 0 spiro atoms. The number of aliphatic imine (C=N–C) groups is 1. The summed E-state index contributed by atoms with van der Waals surface area (Å²) in [4.78, 5) is 20.1. The third-order valence-corrected chi connectivity index (χ3v) is 3.15. The number of likely N-dealkylation sites (N-methyl/N-ethyl adjacent to an activating group) is 2. The Labute approximate surface area is 108 Å². The minimum atomic E-state index is -0.0885. The van der Waals surface area contributed by atoms with Crippen LogP contribution in [0.5, 0.6) is 0 Å². The van der Waals surface area contributed by atoms with Gasteiger partial charge in [0.1, 0.15) is 0 Å². The molecule has 0 aromatic heterocycles. The first-order valence-corrected chi connectivity index (χ1v) is 6.15. The van der Waals surface area contributed by atoms with Gasteiger partial charge in [0.05, 0.1) is 6.42 Å². The van der Waals surface area contributed by atoms with E-state index < -0.39 is 0 Å². The van der Waals surface area contributed by atoms with Gasteiger partial charge >= 0.3 is 0 Å². The van der Waals surface area contributed by atoms with Gasteiger partial charge in [-0.05, 0) is 12.5 Å². The number of nitrogens with zero attached hydrogens (tertiary/aromatic N) is 3. The van der Waals surface area contributed by atoms with Crippen molar-refractivity contribution >= 4 is 11.9 Å². The number of benzene rings is 1. The molecule has 0 saturated carbocycles. The Morgan fingerprint density at radius 1 is 1.17 bits per heavy atom. The Balaban J connectivity index is 2.04. The van der Waals surface area contributed by atoms with Crippen molar-refractivity contribution in [3.63, 3.8) is 0 Å². The first kappa shape index (κ1) is 12.6. The summed E-state index contributed by atoms with van der Waals surface area (Å²) in [5, 5.41) is 0. The normalized spacial score (nSPS) is 15.2. The van der Waals surface area contributed by atoms with Gasteiger partial charge in [-0.2, -0.15) is 4.99 Å². The molecule has 0 atom stereocenters. The monoisotopic (exact) mass is 245 g/mol. The fourth-order valence-corrected chi connectivity index (χ4v) is 1.99. The summed E-state index contributed by atoms with van der Waals surface area (Å²) in [6.07, 6.45) is 0.367. The number of carbonyl (C=O) groups is 1. The van der Waals surface area contributed by atoms with Crippen molar-refractivity contribution in [3.8, 4) is 0 Å². The number of carbonyl (C=O) groups excluding carboxylic acids is 1. The maximum absolute atomic E-state index is 11.9. The van der Waals surface area contributed by atoms with Crippen molar-refractivity contribution in [2.45, 2.75) is 13.3 Å². The first-order valence-electron chi connectivity index (χ1n) is 6.15. The van der Waals surface area contributed by atoms with E-state index in [4.69, 9.17) is 0 Å². The van der Waals surface area contributed by atoms with Gasteiger partial charge in [0.25, 0.3) is 5.91 Å². The Morgan fingerprint density at radius 2 is 1.72 bits per heavy atom. The van der Waals surface area contributed by atoms with Gasteiger partial charge in [-0.15, -0.1) is 0 Å². The van der Waals surface area contributed by atoms with Crippen LogP contribution in [0.2, 0.25) is 0 Å². The van der Waals surface area contributed by atoms with E-state index in [1.807, 2.05) is 55.1 Å². The van der Waals surface area contributed by atoms with Gasteiger partial charge < -0.3 is 9.80 Å². The van der Waals surface area contributed by atoms with Crippen molar-refractivity contribution < 1.29 is 4.79 Å². The van der Waals surface area contributed by atoms with Crippen molar-refractivity contribution in [1.82, 2.24) is 9.80 Å². The van der Waals surface area contributed by atoms with Crippen LogP contribution in [0.25, 0.3) is 0 Å². The summed E-state index contributed by atoms with van der Waals surface area (Å²) in [5.74, 6) is 0.682. The minimum Gasteiger partial charge on any atom is -0.344 e. The molecule has 1 amide bonds. The Morgan fingerprint density at radius 3 is 2.28 bits per heavy atom. The van der Waals surface area contributed by atoms with E-state index in [9.17, 15) is 4.79 Å². The van der Waals surface area contributed by atoms with Crippen LogP contribution >= 0.6 is 0 Å². The highest BCUT2D eigenvalue weighted by molar-refractivity contribution is 5.94. The van der Waals surface area contributed by atoms with Crippen LogP contribution in [0.15, 0.2) is 29.3 Å². The Hall–Kier alpha value is -1.84. The summed E-state index contributed by atoms with van der Waals surface area (Å²) in [6.45, 7) is 3.88. The van der Waals surface area contributed by atoms with E-state index in [1.165, 1.54) is 5.56 Å². The molecule has 96 valence electrons. The van der Waals surface area contributed by atoms with Crippen LogP contribution in [0, 0.1) is 6.92 Å². The molecule has 0 radical (unpaired) electrons. The van der Waals surface area contributed by atoms with Crippen molar-refractivity contribution in [1.29, 1.82) is 0 Å². The highest BCUT2D eigenvalue weighted by atomic mass is 16.1. The average Bonchev–Trinajstić information content (AvgIpc) is 2.64. The zero-order chi connectivity index (χ0) is 13.1. The third-order valence-electron chi connectivity index (χ3n) is 3.15. The van der Waals surface area contributed by atoms with Crippen LogP contribution in [0.4, 0.5) is 0 Å². The highest BCUT2D eigenvalue weighted by Crippen LogP contribution is 2.07. The van der Waals surface area contributed by atoms with Gasteiger partial charge in [0, 0.05) is 27.2 Å². The molecular weight excluding hydrogens is 226 g/mol. The van der Waals surface area contributed by atoms with E-state index in [0.717, 1.165) is 24.6 Å². The molecule has 2 rings (SSSR count). The third kappa shape index (κ3) is 2.88.